The Hall–Kier alpha value is -1.49. The van der Waals surface area contributed by atoms with Gasteiger partial charge in [-0.1, -0.05) is 34.8 Å². The number of phenols is 1. The first kappa shape index (κ1) is 14.9. The van der Waals surface area contributed by atoms with E-state index in [1.165, 1.54) is 18.2 Å². The van der Waals surface area contributed by atoms with Crippen LogP contribution in [-0.4, -0.2) is 16.0 Å². The van der Waals surface area contributed by atoms with Gasteiger partial charge in [-0.3, -0.25) is 4.79 Å². The molecular formula is C13H9Cl3N2O2. The summed E-state index contributed by atoms with van der Waals surface area (Å²) in [7, 11) is 0. The second-order valence-electron chi connectivity index (χ2n) is 4.05. The molecule has 7 heteroatoms. The maximum absolute atomic E-state index is 12.1. The molecule has 104 valence electrons. The highest BCUT2D eigenvalue weighted by molar-refractivity contribution is 6.35. The molecule has 0 bridgehead atoms. The fraction of sp³-hybridized carbons (Fsp3) is 0.0769. The number of hydrogen-bond donors (Lipinski definition) is 2. The van der Waals surface area contributed by atoms with E-state index in [1.54, 1.807) is 13.0 Å². The molecule has 0 saturated heterocycles. The molecule has 1 aromatic heterocycles. The van der Waals surface area contributed by atoms with Gasteiger partial charge in [0.2, 0.25) is 0 Å². The molecule has 0 spiro atoms. The summed E-state index contributed by atoms with van der Waals surface area (Å²) in [4.78, 5) is 16.0. The molecule has 0 aliphatic heterocycles. The van der Waals surface area contributed by atoms with E-state index in [0.29, 0.717) is 16.8 Å². The Morgan fingerprint density at radius 2 is 1.95 bits per heavy atom. The van der Waals surface area contributed by atoms with Crippen LogP contribution in [0.1, 0.15) is 15.9 Å². The van der Waals surface area contributed by atoms with E-state index in [4.69, 9.17) is 34.8 Å². The standard InChI is InChI=1S/C13H9Cl3N2O2/c1-6-4-10(15)17-12(16)11(6)18-13(20)7-2-3-9(19)8(14)5-7/h2-5,19H,1H3,(H,18,20). The van der Waals surface area contributed by atoms with Crippen LogP contribution in [0.15, 0.2) is 24.3 Å². The van der Waals surface area contributed by atoms with Crippen LogP contribution < -0.4 is 5.32 Å². The van der Waals surface area contributed by atoms with Crippen molar-refractivity contribution < 1.29 is 9.90 Å². The molecule has 0 aliphatic carbocycles. The molecule has 2 rings (SSSR count). The molecule has 1 amide bonds. The van der Waals surface area contributed by atoms with E-state index in [-0.39, 0.29) is 21.1 Å². The molecular weight excluding hydrogens is 323 g/mol. The summed E-state index contributed by atoms with van der Waals surface area (Å²) in [5.41, 5.74) is 1.36. The lowest BCUT2D eigenvalue weighted by atomic mass is 10.2. The van der Waals surface area contributed by atoms with E-state index < -0.39 is 5.91 Å². The van der Waals surface area contributed by atoms with Crippen LogP contribution >= 0.6 is 34.8 Å². The highest BCUT2D eigenvalue weighted by atomic mass is 35.5. The van der Waals surface area contributed by atoms with Crippen LogP contribution in [0.2, 0.25) is 15.3 Å². The molecule has 4 nitrogen and oxygen atoms in total. The molecule has 20 heavy (non-hydrogen) atoms. The van der Waals surface area contributed by atoms with Gasteiger partial charge in [0.15, 0.2) is 5.15 Å². The van der Waals surface area contributed by atoms with Crippen LogP contribution in [0.4, 0.5) is 5.69 Å². The van der Waals surface area contributed by atoms with Gasteiger partial charge in [-0.15, -0.1) is 0 Å². The topological polar surface area (TPSA) is 62.2 Å². The molecule has 0 unspecified atom stereocenters. The third kappa shape index (κ3) is 3.15. The SMILES string of the molecule is Cc1cc(Cl)nc(Cl)c1NC(=O)c1ccc(O)c(Cl)c1. The molecule has 0 aliphatic rings. The Morgan fingerprint density at radius 1 is 1.25 bits per heavy atom. The predicted octanol–water partition coefficient (Wildman–Crippen LogP) is 4.31. The number of rotatable bonds is 2. The monoisotopic (exact) mass is 330 g/mol. The van der Waals surface area contributed by atoms with Crippen molar-refractivity contribution in [1.29, 1.82) is 0 Å². The van der Waals surface area contributed by atoms with Gasteiger partial charge in [0.1, 0.15) is 10.9 Å². The Bertz CT molecular complexity index is 666. The lowest BCUT2D eigenvalue weighted by Gasteiger charge is -2.10. The van der Waals surface area contributed by atoms with E-state index >= 15 is 0 Å². The number of pyridine rings is 1. The highest BCUT2D eigenvalue weighted by Crippen LogP contribution is 2.28. The normalized spacial score (nSPS) is 10.4. The van der Waals surface area contributed by atoms with Gasteiger partial charge >= 0.3 is 0 Å². The second kappa shape index (κ2) is 5.87. The lowest BCUT2D eigenvalue weighted by molar-refractivity contribution is 0.102. The summed E-state index contributed by atoms with van der Waals surface area (Å²) < 4.78 is 0. The minimum Gasteiger partial charge on any atom is -0.506 e. The van der Waals surface area contributed by atoms with Gasteiger partial charge in [-0.2, -0.15) is 0 Å². The largest absolute Gasteiger partial charge is 0.506 e. The van der Waals surface area contributed by atoms with E-state index in [2.05, 4.69) is 10.3 Å². The number of hydrogen-bond acceptors (Lipinski definition) is 3. The molecule has 0 fully saturated rings. The van der Waals surface area contributed by atoms with Crippen molar-refractivity contribution in [3.05, 3.63) is 50.7 Å². The van der Waals surface area contributed by atoms with Gasteiger partial charge in [0.05, 0.1) is 10.7 Å². The maximum Gasteiger partial charge on any atom is 0.255 e. The third-order valence-electron chi connectivity index (χ3n) is 2.59. The smallest absolute Gasteiger partial charge is 0.255 e. The Balaban J connectivity index is 2.30. The molecule has 0 atom stereocenters. The summed E-state index contributed by atoms with van der Waals surface area (Å²) >= 11 is 17.5. The summed E-state index contributed by atoms with van der Waals surface area (Å²) in [5.74, 6) is -0.508. The number of aromatic hydroxyl groups is 1. The van der Waals surface area contributed by atoms with Crippen molar-refractivity contribution in [3.8, 4) is 5.75 Å². The number of anilines is 1. The summed E-state index contributed by atoms with van der Waals surface area (Å²) in [6.07, 6.45) is 0. The molecule has 0 saturated carbocycles. The average molecular weight is 332 g/mol. The quantitative estimate of drug-likeness (QED) is 0.806. The first-order valence-corrected chi connectivity index (χ1v) is 6.64. The molecule has 1 heterocycles. The average Bonchev–Trinajstić information content (AvgIpc) is 2.36. The van der Waals surface area contributed by atoms with Gasteiger partial charge in [0, 0.05) is 5.56 Å². The summed E-state index contributed by atoms with van der Waals surface area (Å²) in [6, 6.07) is 5.74. The molecule has 0 radical (unpaired) electrons. The van der Waals surface area contributed by atoms with Crippen LogP contribution in [-0.2, 0) is 0 Å². The highest BCUT2D eigenvalue weighted by Gasteiger charge is 2.13. The first-order valence-electron chi connectivity index (χ1n) is 5.51. The number of benzene rings is 1. The Morgan fingerprint density at radius 3 is 2.55 bits per heavy atom. The van der Waals surface area contributed by atoms with Gasteiger partial charge in [-0.25, -0.2) is 4.98 Å². The van der Waals surface area contributed by atoms with Gasteiger partial charge < -0.3 is 10.4 Å². The second-order valence-corrected chi connectivity index (χ2v) is 5.20. The van der Waals surface area contributed by atoms with Crippen molar-refractivity contribution in [3.63, 3.8) is 0 Å². The molecule has 1 aromatic carbocycles. The van der Waals surface area contributed by atoms with Crippen molar-refractivity contribution in [2.75, 3.05) is 5.32 Å². The number of carbonyl (C=O) groups is 1. The zero-order valence-electron chi connectivity index (χ0n) is 10.2. The minimum absolute atomic E-state index is 0.0920. The zero-order valence-corrected chi connectivity index (χ0v) is 12.5. The number of aryl methyl sites for hydroxylation is 1. The van der Waals surface area contributed by atoms with Crippen LogP contribution in [0.25, 0.3) is 0 Å². The van der Waals surface area contributed by atoms with Crippen molar-refractivity contribution >= 4 is 46.4 Å². The van der Waals surface area contributed by atoms with Crippen molar-refractivity contribution in [2.24, 2.45) is 0 Å². The maximum atomic E-state index is 12.1. The number of carbonyl (C=O) groups excluding carboxylic acids is 1. The Labute approximate surface area is 130 Å². The van der Waals surface area contributed by atoms with E-state index in [9.17, 15) is 9.90 Å². The predicted molar refractivity (Wildman–Crippen MR) is 80.1 cm³/mol. The van der Waals surface area contributed by atoms with Crippen LogP contribution in [0.3, 0.4) is 0 Å². The minimum atomic E-state index is -0.416. The van der Waals surface area contributed by atoms with Crippen molar-refractivity contribution in [1.82, 2.24) is 4.98 Å². The van der Waals surface area contributed by atoms with E-state index in [1.807, 2.05) is 0 Å². The Kier molecular flexibility index (Phi) is 4.38. The van der Waals surface area contributed by atoms with Gasteiger partial charge in [0.25, 0.3) is 5.91 Å². The zero-order chi connectivity index (χ0) is 14.9. The first-order chi connectivity index (χ1) is 9.38. The summed E-state index contributed by atoms with van der Waals surface area (Å²) in [6.45, 7) is 1.75. The fourth-order valence-corrected chi connectivity index (χ4v) is 2.34. The number of phenolic OH excluding ortho intramolecular Hbond substituents is 1. The molecule has 2 aromatic rings. The summed E-state index contributed by atoms with van der Waals surface area (Å²) in [5, 5.41) is 12.4. The van der Waals surface area contributed by atoms with Crippen molar-refractivity contribution in [2.45, 2.75) is 6.92 Å². The third-order valence-corrected chi connectivity index (χ3v) is 3.36. The fourth-order valence-electron chi connectivity index (χ4n) is 1.58. The van der Waals surface area contributed by atoms with Gasteiger partial charge in [-0.05, 0) is 36.8 Å². The van der Waals surface area contributed by atoms with Crippen LogP contribution in [0.5, 0.6) is 5.75 Å². The molecule has 2 N–H and O–H groups in total. The van der Waals surface area contributed by atoms with E-state index in [0.717, 1.165) is 0 Å². The number of nitrogens with zero attached hydrogens (tertiary/aromatic N) is 1. The number of amides is 1. The van der Waals surface area contributed by atoms with Crippen LogP contribution in [0, 0.1) is 6.92 Å². The lowest BCUT2D eigenvalue weighted by Crippen LogP contribution is -2.13. The number of nitrogens with one attached hydrogen (secondary N) is 1. The number of halogens is 3. The number of aromatic nitrogens is 1.